The summed E-state index contributed by atoms with van der Waals surface area (Å²) in [6.07, 6.45) is 4.73. The van der Waals surface area contributed by atoms with E-state index in [4.69, 9.17) is 25.8 Å². The van der Waals surface area contributed by atoms with E-state index >= 15 is 0 Å². The number of nitrogens with zero attached hydrogens (tertiary/aromatic N) is 4. The second kappa shape index (κ2) is 17.0. The SMILES string of the molecule is Cc1c(COc2cc(OCc3cncc(C#N)c3)c(CN3CCNC(=O)C3)cc2Cl)cccc1-c1cccc(OCCCN2CC[C@@H](O)C2)c1C. The van der Waals surface area contributed by atoms with E-state index in [1.807, 2.05) is 29.2 Å². The summed E-state index contributed by atoms with van der Waals surface area (Å²) in [5.74, 6) is 1.92. The van der Waals surface area contributed by atoms with Gasteiger partial charge in [0.1, 0.15) is 36.5 Å². The van der Waals surface area contributed by atoms with E-state index in [1.165, 1.54) is 6.20 Å². The van der Waals surface area contributed by atoms with Crippen LogP contribution in [-0.2, 0) is 24.6 Å². The maximum atomic E-state index is 12.1. The largest absolute Gasteiger partial charge is 0.493 e. The average molecular weight is 710 g/mol. The molecule has 2 N–H and O–H groups in total. The molecule has 0 bridgehead atoms. The molecule has 4 aromatic rings. The number of rotatable bonds is 14. The number of hydrogen-bond donors (Lipinski definition) is 2. The Labute approximate surface area is 304 Å². The van der Waals surface area contributed by atoms with Gasteiger partial charge in [-0.15, -0.1) is 0 Å². The van der Waals surface area contributed by atoms with E-state index in [9.17, 15) is 15.2 Å². The van der Waals surface area contributed by atoms with Gasteiger partial charge in [0.15, 0.2) is 0 Å². The van der Waals surface area contributed by atoms with Crippen LogP contribution in [0.25, 0.3) is 11.1 Å². The zero-order valence-corrected chi connectivity index (χ0v) is 29.9. The first-order valence-electron chi connectivity index (χ1n) is 17.4. The van der Waals surface area contributed by atoms with Crippen LogP contribution < -0.4 is 19.5 Å². The minimum atomic E-state index is -0.205. The van der Waals surface area contributed by atoms with Crippen molar-refractivity contribution in [3.05, 3.63) is 105 Å². The normalized spacial score (nSPS) is 16.5. The van der Waals surface area contributed by atoms with Crippen molar-refractivity contribution in [3.63, 3.8) is 0 Å². The molecular weight excluding hydrogens is 666 g/mol. The Bertz CT molecular complexity index is 1900. The predicted octanol–water partition coefficient (Wildman–Crippen LogP) is 5.82. The Morgan fingerprint density at radius 3 is 2.53 bits per heavy atom. The number of halogens is 1. The Morgan fingerprint density at radius 2 is 1.75 bits per heavy atom. The van der Waals surface area contributed by atoms with E-state index in [0.29, 0.717) is 54.9 Å². The summed E-state index contributed by atoms with van der Waals surface area (Å²) in [6.45, 7) is 9.97. The number of carbonyl (C=O) groups is 1. The number of aliphatic hydroxyl groups excluding tert-OH is 1. The number of carbonyl (C=O) groups excluding carboxylic acids is 1. The molecule has 2 saturated heterocycles. The lowest BCUT2D eigenvalue weighted by atomic mass is 9.93. The molecule has 3 heterocycles. The summed E-state index contributed by atoms with van der Waals surface area (Å²) < 4.78 is 18.9. The molecule has 3 aromatic carbocycles. The minimum absolute atomic E-state index is 0.0173. The number of aliphatic hydroxyl groups is 1. The van der Waals surface area contributed by atoms with Gasteiger partial charge in [-0.2, -0.15) is 5.26 Å². The number of pyridine rings is 1. The highest BCUT2D eigenvalue weighted by Gasteiger charge is 2.21. The second-order valence-corrected chi connectivity index (χ2v) is 13.6. The van der Waals surface area contributed by atoms with Crippen molar-refractivity contribution in [3.8, 4) is 34.4 Å². The molecule has 0 spiro atoms. The first kappa shape index (κ1) is 36.1. The highest BCUT2D eigenvalue weighted by Crippen LogP contribution is 2.37. The molecule has 11 heteroatoms. The van der Waals surface area contributed by atoms with Crippen LogP contribution in [0.4, 0.5) is 0 Å². The van der Waals surface area contributed by atoms with Crippen LogP contribution in [0.3, 0.4) is 0 Å². The van der Waals surface area contributed by atoms with Crippen LogP contribution in [0.2, 0.25) is 5.02 Å². The van der Waals surface area contributed by atoms with Gasteiger partial charge in [-0.25, -0.2) is 0 Å². The molecule has 1 aromatic heterocycles. The number of hydrogen-bond acceptors (Lipinski definition) is 9. The van der Waals surface area contributed by atoms with Gasteiger partial charge in [-0.3, -0.25) is 14.7 Å². The number of ether oxygens (including phenoxy) is 3. The van der Waals surface area contributed by atoms with E-state index in [-0.39, 0.29) is 25.2 Å². The van der Waals surface area contributed by atoms with E-state index in [0.717, 1.165) is 77.2 Å². The molecule has 0 unspecified atom stereocenters. The summed E-state index contributed by atoms with van der Waals surface area (Å²) in [7, 11) is 0. The van der Waals surface area contributed by atoms with Crippen molar-refractivity contribution < 1.29 is 24.1 Å². The fraction of sp³-hybridized carbons (Fsp3) is 0.375. The number of benzene rings is 3. The molecule has 0 radical (unpaired) electrons. The Morgan fingerprint density at radius 1 is 0.941 bits per heavy atom. The number of nitrogens with one attached hydrogen (secondary N) is 1. The van der Waals surface area contributed by atoms with Crippen LogP contribution in [0.5, 0.6) is 17.2 Å². The third-order valence-corrected chi connectivity index (χ3v) is 9.77. The predicted molar refractivity (Wildman–Crippen MR) is 196 cm³/mol. The molecule has 266 valence electrons. The zero-order chi connectivity index (χ0) is 35.7. The molecule has 10 nitrogen and oxygen atoms in total. The Balaban J connectivity index is 1.16. The second-order valence-electron chi connectivity index (χ2n) is 13.2. The quantitative estimate of drug-likeness (QED) is 0.156. The smallest absolute Gasteiger partial charge is 0.234 e. The first-order chi connectivity index (χ1) is 24.8. The van der Waals surface area contributed by atoms with Gasteiger partial charge in [0.25, 0.3) is 0 Å². The van der Waals surface area contributed by atoms with Crippen LogP contribution in [0.15, 0.2) is 67.0 Å². The van der Waals surface area contributed by atoms with Gasteiger partial charge in [-0.1, -0.05) is 41.9 Å². The minimum Gasteiger partial charge on any atom is -0.493 e. The van der Waals surface area contributed by atoms with Gasteiger partial charge in [-0.05, 0) is 72.7 Å². The lowest BCUT2D eigenvalue weighted by Gasteiger charge is -2.27. The van der Waals surface area contributed by atoms with Gasteiger partial charge in [0.05, 0.1) is 29.8 Å². The van der Waals surface area contributed by atoms with Gasteiger partial charge in [0, 0.05) is 68.9 Å². The van der Waals surface area contributed by atoms with Gasteiger partial charge < -0.3 is 29.5 Å². The number of β-amino-alcohol motifs (C(OH)–C–C–N with tert-alkyl or cyclic N) is 1. The number of amides is 1. The van der Waals surface area contributed by atoms with Crippen molar-refractivity contribution in [2.45, 2.75) is 52.6 Å². The number of nitriles is 1. The molecule has 1 atom stereocenters. The molecule has 0 aliphatic carbocycles. The average Bonchev–Trinajstić information content (AvgIpc) is 3.55. The fourth-order valence-corrected chi connectivity index (χ4v) is 6.88. The molecule has 2 fully saturated rings. The van der Waals surface area contributed by atoms with Crippen molar-refractivity contribution in [1.29, 1.82) is 5.26 Å². The lowest BCUT2D eigenvalue weighted by molar-refractivity contribution is -0.124. The highest BCUT2D eigenvalue weighted by atomic mass is 35.5. The van der Waals surface area contributed by atoms with Crippen LogP contribution in [0.1, 0.15) is 46.2 Å². The maximum Gasteiger partial charge on any atom is 0.234 e. The van der Waals surface area contributed by atoms with Gasteiger partial charge in [0.2, 0.25) is 5.91 Å². The number of likely N-dealkylation sites (tertiary alicyclic amines) is 1. The monoisotopic (exact) mass is 709 g/mol. The molecule has 0 saturated carbocycles. The Hall–Kier alpha value is -4.66. The zero-order valence-electron chi connectivity index (χ0n) is 29.2. The summed E-state index contributed by atoms with van der Waals surface area (Å²) in [5.41, 5.74) is 7.46. The van der Waals surface area contributed by atoms with Crippen molar-refractivity contribution >= 4 is 17.5 Å². The third-order valence-electron chi connectivity index (χ3n) is 9.47. The summed E-state index contributed by atoms with van der Waals surface area (Å²) in [5, 5.41) is 22.4. The van der Waals surface area contributed by atoms with Crippen molar-refractivity contribution in [2.24, 2.45) is 0 Å². The van der Waals surface area contributed by atoms with Crippen molar-refractivity contribution in [1.82, 2.24) is 20.1 Å². The summed E-state index contributed by atoms with van der Waals surface area (Å²) in [4.78, 5) is 20.5. The molecular formula is C40H44ClN5O5. The Kier molecular flexibility index (Phi) is 12.1. The number of aromatic nitrogens is 1. The van der Waals surface area contributed by atoms with Crippen LogP contribution in [0, 0.1) is 25.2 Å². The first-order valence-corrected chi connectivity index (χ1v) is 17.8. The molecule has 1 amide bonds. The third kappa shape index (κ3) is 9.37. The van der Waals surface area contributed by atoms with Crippen LogP contribution in [-0.4, -0.2) is 77.8 Å². The summed E-state index contributed by atoms with van der Waals surface area (Å²) >= 11 is 6.82. The molecule has 6 rings (SSSR count). The fourth-order valence-electron chi connectivity index (χ4n) is 6.64. The summed E-state index contributed by atoms with van der Waals surface area (Å²) in [6, 6.07) is 19.9. The molecule has 51 heavy (non-hydrogen) atoms. The van der Waals surface area contributed by atoms with Crippen LogP contribution >= 0.6 is 11.6 Å². The maximum absolute atomic E-state index is 12.1. The van der Waals surface area contributed by atoms with E-state index in [1.54, 1.807) is 18.3 Å². The molecule has 2 aliphatic rings. The van der Waals surface area contributed by atoms with E-state index < -0.39 is 0 Å². The lowest BCUT2D eigenvalue weighted by Crippen LogP contribution is -2.47. The topological polar surface area (TPSA) is 120 Å². The standard InChI is InChI=1S/C40H44ClN5O5/c1-27-31(6-3-7-34(27)35-8-4-9-37(28(35)2)49-15-5-12-45-13-10-33(47)23-45)26-51-39-18-38(50-25-30-16-29(19-42)20-43-21-30)32(17-36(39)41)22-46-14-11-44-40(48)24-46/h3-4,6-9,16-18,20-21,33,47H,5,10-15,22-26H2,1-2H3,(H,44,48)/t33-/m1/s1. The van der Waals surface area contributed by atoms with E-state index in [2.05, 4.69) is 53.3 Å². The van der Waals surface area contributed by atoms with Gasteiger partial charge >= 0.3 is 0 Å². The van der Waals surface area contributed by atoms with Crippen molar-refractivity contribution in [2.75, 3.05) is 45.9 Å². The highest BCUT2D eigenvalue weighted by molar-refractivity contribution is 6.32. The number of piperazine rings is 1. The molecule has 2 aliphatic heterocycles.